The molecule has 0 saturated carbocycles. The molecular weight excluding hydrogens is 194 g/mol. The molecule has 4 N–H and O–H groups in total. The summed E-state index contributed by atoms with van der Waals surface area (Å²) in [7, 11) is 0. The number of hydrogen-bond donors (Lipinski definition) is 3. The number of benzene rings is 1. The van der Waals surface area contributed by atoms with Gasteiger partial charge in [-0.1, -0.05) is 0 Å². The van der Waals surface area contributed by atoms with Gasteiger partial charge in [0.15, 0.2) is 5.75 Å². The molecule has 0 amide bonds. The third kappa shape index (κ3) is 1.52. The van der Waals surface area contributed by atoms with E-state index in [0.717, 1.165) is 36.8 Å². The van der Waals surface area contributed by atoms with Crippen LogP contribution in [0.1, 0.15) is 34.3 Å². The first-order valence-corrected chi connectivity index (χ1v) is 4.97. The molecule has 0 bridgehead atoms. The van der Waals surface area contributed by atoms with Crippen molar-refractivity contribution in [1.29, 1.82) is 0 Å². The molecule has 80 valence electrons. The van der Waals surface area contributed by atoms with Gasteiger partial charge in [0, 0.05) is 0 Å². The zero-order valence-corrected chi connectivity index (χ0v) is 8.29. The quantitative estimate of drug-likeness (QED) is 0.482. The number of carboxylic acid groups (broad SMARTS) is 1. The molecule has 0 aliphatic heterocycles. The van der Waals surface area contributed by atoms with E-state index in [-0.39, 0.29) is 17.0 Å². The fourth-order valence-electron chi connectivity index (χ4n) is 2.09. The Morgan fingerprint density at radius 2 is 2.00 bits per heavy atom. The number of anilines is 1. The Morgan fingerprint density at radius 3 is 2.67 bits per heavy atom. The normalized spacial score (nSPS) is 14.7. The van der Waals surface area contributed by atoms with Gasteiger partial charge < -0.3 is 15.9 Å². The smallest absolute Gasteiger partial charge is 0.339 e. The number of nitrogens with two attached hydrogens (primary N) is 1. The maximum Gasteiger partial charge on any atom is 0.339 e. The number of carboxylic acids is 1. The van der Waals surface area contributed by atoms with Crippen LogP contribution in [0.25, 0.3) is 0 Å². The van der Waals surface area contributed by atoms with Crippen LogP contribution in [0, 0.1) is 0 Å². The monoisotopic (exact) mass is 207 g/mol. The predicted molar refractivity (Wildman–Crippen MR) is 56.1 cm³/mol. The Bertz CT molecular complexity index is 426. The van der Waals surface area contributed by atoms with Gasteiger partial charge in [0.2, 0.25) is 0 Å². The Balaban J connectivity index is 2.63. The van der Waals surface area contributed by atoms with Crippen molar-refractivity contribution in [3.63, 3.8) is 0 Å². The van der Waals surface area contributed by atoms with E-state index in [1.54, 1.807) is 6.07 Å². The van der Waals surface area contributed by atoms with Crippen LogP contribution in [-0.2, 0) is 12.8 Å². The zero-order valence-electron chi connectivity index (χ0n) is 8.29. The van der Waals surface area contributed by atoms with Crippen molar-refractivity contribution in [2.75, 3.05) is 5.73 Å². The third-order valence-electron chi connectivity index (χ3n) is 2.89. The highest BCUT2D eigenvalue weighted by atomic mass is 16.4. The van der Waals surface area contributed by atoms with E-state index in [0.29, 0.717) is 0 Å². The fraction of sp³-hybridized carbons (Fsp3) is 0.364. The van der Waals surface area contributed by atoms with Crippen molar-refractivity contribution in [3.05, 3.63) is 22.8 Å². The van der Waals surface area contributed by atoms with Gasteiger partial charge in [-0.25, -0.2) is 4.79 Å². The van der Waals surface area contributed by atoms with E-state index in [2.05, 4.69) is 0 Å². The minimum atomic E-state index is -1.13. The first kappa shape index (κ1) is 9.83. The van der Waals surface area contributed by atoms with E-state index in [1.165, 1.54) is 0 Å². The summed E-state index contributed by atoms with van der Waals surface area (Å²) in [4.78, 5) is 10.8. The van der Waals surface area contributed by atoms with Crippen LogP contribution in [0.4, 0.5) is 5.69 Å². The number of hydrogen-bond acceptors (Lipinski definition) is 3. The van der Waals surface area contributed by atoms with Crippen molar-refractivity contribution in [2.45, 2.75) is 25.7 Å². The molecule has 1 aromatic rings. The highest BCUT2D eigenvalue weighted by Gasteiger charge is 2.20. The first-order valence-electron chi connectivity index (χ1n) is 4.97. The standard InChI is InChI=1S/C11H13NO3/c12-9-7-4-2-1-3-6(7)5-8(10(9)13)11(14)15/h5,13H,1-4,12H2,(H,14,15). The number of fused-ring (bicyclic) bond motifs is 1. The number of aromatic hydroxyl groups is 1. The summed E-state index contributed by atoms with van der Waals surface area (Å²) in [5.41, 5.74) is 7.77. The zero-order chi connectivity index (χ0) is 11.0. The highest BCUT2D eigenvalue weighted by molar-refractivity contribution is 5.94. The van der Waals surface area contributed by atoms with E-state index in [9.17, 15) is 9.90 Å². The van der Waals surface area contributed by atoms with Crippen LogP contribution in [0.3, 0.4) is 0 Å². The number of aromatic carboxylic acids is 1. The maximum absolute atomic E-state index is 10.8. The lowest BCUT2D eigenvalue weighted by Crippen LogP contribution is -2.10. The summed E-state index contributed by atoms with van der Waals surface area (Å²) in [6.07, 6.45) is 3.77. The minimum absolute atomic E-state index is 0.0897. The Hall–Kier alpha value is -1.71. The highest BCUT2D eigenvalue weighted by Crippen LogP contribution is 2.35. The number of aryl methyl sites for hydroxylation is 1. The van der Waals surface area contributed by atoms with Gasteiger partial charge in [-0.05, 0) is 42.9 Å². The Morgan fingerprint density at radius 1 is 1.33 bits per heavy atom. The molecule has 0 unspecified atom stereocenters. The predicted octanol–water partition coefficient (Wildman–Crippen LogP) is 1.55. The van der Waals surface area contributed by atoms with Crippen molar-refractivity contribution in [1.82, 2.24) is 0 Å². The molecule has 1 aromatic carbocycles. The number of rotatable bonds is 1. The van der Waals surface area contributed by atoms with Gasteiger partial charge >= 0.3 is 5.97 Å². The molecule has 4 heteroatoms. The molecule has 0 fully saturated rings. The lowest BCUT2D eigenvalue weighted by molar-refractivity contribution is 0.0693. The average Bonchev–Trinajstić information content (AvgIpc) is 2.23. The maximum atomic E-state index is 10.8. The Kier molecular flexibility index (Phi) is 2.26. The molecule has 0 spiro atoms. The van der Waals surface area contributed by atoms with Crippen molar-refractivity contribution >= 4 is 11.7 Å². The molecule has 0 radical (unpaired) electrons. The van der Waals surface area contributed by atoms with Crippen molar-refractivity contribution in [3.8, 4) is 5.75 Å². The lowest BCUT2D eigenvalue weighted by atomic mass is 9.88. The van der Waals surface area contributed by atoms with Crippen LogP contribution in [0.15, 0.2) is 6.07 Å². The second-order valence-corrected chi connectivity index (χ2v) is 3.84. The molecule has 1 aliphatic rings. The lowest BCUT2D eigenvalue weighted by Gasteiger charge is -2.19. The molecular formula is C11H13NO3. The van der Waals surface area contributed by atoms with Crippen molar-refractivity contribution < 1.29 is 15.0 Å². The van der Waals surface area contributed by atoms with E-state index < -0.39 is 5.97 Å². The van der Waals surface area contributed by atoms with Crippen LogP contribution < -0.4 is 5.73 Å². The summed E-state index contributed by atoms with van der Waals surface area (Å²) in [6, 6.07) is 1.54. The molecule has 4 nitrogen and oxygen atoms in total. The molecule has 0 aromatic heterocycles. The molecule has 1 aliphatic carbocycles. The molecule has 15 heavy (non-hydrogen) atoms. The van der Waals surface area contributed by atoms with Gasteiger partial charge in [0.1, 0.15) is 5.56 Å². The van der Waals surface area contributed by atoms with Crippen LogP contribution in [0.2, 0.25) is 0 Å². The van der Waals surface area contributed by atoms with E-state index in [4.69, 9.17) is 10.8 Å². The number of phenols is 1. The van der Waals surface area contributed by atoms with E-state index in [1.807, 2.05) is 0 Å². The summed E-state index contributed by atoms with van der Waals surface area (Å²) in [5.74, 6) is -1.42. The molecule has 2 rings (SSSR count). The van der Waals surface area contributed by atoms with Crippen LogP contribution >= 0.6 is 0 Å². The second kappa shape index (κ2) is 3.46. The topological polar surface area (TPSA) is 83.5 Å². The summed E-state index contributed by atoms with van der Waals surface area (Å²) in [5, 5.41) is 18.5. The molecule has 0 atom stereocenters. The van der Waals surface area contributed by atoms with Gasteiger partial charge in [-0.2, -0.15) is 0 Å². The summed E-state index contributed by atoms with van der Waals surface area (Å²) in [6.45, 7) is 0. The average molecular weight is 207 g/mol. The first-order chi connectivity index (χ1) is 7.11. The van der Waals surface area contributed by atoms with Crippen LogP contribution in [-0.4, -0.2) is 16.2 Å². The van der Waals surface area contributed by atoms with Gasteiger partial charge in [-0.3, -0.25) is 0 Å². The van der Waals surface area contributed by atoms with E-state index >= 15 is 0 Å². The Labute approximate surface area is 87.3 Å². The van der Waals surface area contributed by atoms with Gasteiger partial charge in [-0.15, -0.1) is 0 Å². The minimum Gasteiger partial charge on any atom is -0.505 e. The van der Waals surface area contributed by atoms with Gasteiger partial charge in [0.25, 0.3) is 0 Å². The van der Waals surface area contributed by atoms with Crippen molar-refractivity contribution in [2.24, 2.45) is 0 Å². The largest absolute Gasteiger partial charge is 0.505 e. The summed E-state index contributed by atoms with van der Waals surface area (Å²) < 4.78 is 0. The third-order valence-corrected chi connectivity index (χ3v) is 2.89. The number of nitrogen functional groups attached to an aromatic ring is 1. The molecule has 0 saturated heterocycles. The van der Waals surface area contributed by atoms with Gasteiger partial charge in [0.05, 0.1) is 5.69 Å². The number of carbonyl (C=O) groups is 1. The molecule has 0 heterocycles. The van der Waals surface area contributed by atoms with Crippen LogP contribution in [0.5, 0.6) is 5.75 Å². The fourth-order valence-corrected chi connectivity index (χ4v) is 2.09. The summed E-state index contributed by atoms with van der Waals surface area (Å²) >= 11 is 0. The SMILES string of the molecule is Nc1c(O)c(C(=O)O)cc2c1CCCC2. The second-order valence-electron chi connectivity index (χ2n) is 3.84.